The standard InChI is InChI=1S/C14H21N3O/c1-16-9-15-8-13(16)14(18)10-6-11-4-3-5-12(7-10)17(11)2/h8-12H,3-7H2,1-2H3. The molecule has 4 nitrogen and oxygen atoms in total. The van der Waals surface area contributed by atoms with Gasteiger partial charge in [-0.2, -0.15) is 0 Å². The van der Waals surface area contributed by atoms with Crippen molar-refractivity contribution in [3.8, 4) is 0 Å². The summed E-state index contributed by atoms with van der Waals surface area (Å²) in [5.74, 6) is 0.493. The number of imidazole rings is 1. The topological polar surface area (TPSA) is 38.1 Å². The highest BCUT2D eigenvalue weighted by Crippen LogP contribution is 2.36. The molecule has 0 aliphatic carbocycles. The zero-order valence-corrected chi connectivity index (χ0v) is 11.2. The van der Waals surface area contributed by atoms with E-state index in [0.29, 0.717) is 17.9 Å². The highest BCUT2D eigenvalue weighted by molar-refractivity contribution is 5.96. The maximum absolute atomic E-state index is 12.5. The van der Waals surface area contributed by atoms with Crippen LogP contribution in [0.5, 0.6) is 0 Å². The number of fused-ring (bicyclic) bond motifs is 2. The van der Waals surface area contributed by atoms with Crippen LogP contribution in [0, 0.1) is 5.92 Å². The molecule has 2 fully saturated rings. The molecule has 2 bridgehead atoms. The molecule has 0 N–H and O–H groups in total. The van der Waals surface area contributed by atoms with Gasteiger partial charge in [-0.25, -0.2) is 4.98 Å². The lowest BCUT2D eigenvalue weighted by Gasteiger charge is -2.46. The molecule has 18 heavy (non-hydrogen) atoms. The molecule has 2 atom stereocenters. The average molecular weight is 247 g/mol. The lowest BCUT2D eigenvalue weighted by molar-refractivity contribution is 0.0335. The number of Topliss-reactive ketones (excluding diaryl/α,β-unsaturated/α-hetero) is 1. The molecular formula is C14H21N3O. The van der Waals surface area contributed by atoms with E-state index in [9.17, 15) is 4.79 Å². The molecule has 3 rings (SSSR count). The van der Waals surface area contributed by atoms with Crippen molar-refractivity contribution >= 4 is 5.78 Å². The van der Waals surface area contributed by atoms with Gasteiger partial charge >= 0.3 is 0 Å². The summed E-state index contributed by atoms with van der Waals surface area (Å²) in [6.07, 6.45) is 9.30. The quantitative estimate of drug-likeness (QED) is 0.749. The van der Waals surface area contributed by atoms with Gasteiger partial charge in [0.15, 0.2) is 5.78 Å². The second-order valence-electron chi connectivity index (χ2n) is 5.83. The molecule has 2 unspecified atom stereocenters. The van der Waals surface area contributed by atoms with Gasteiger partial charge in [-0.05, 0) is 32.7 Å². The highest BCUT2D eigenvalue weighted by Gasteiger charge is 2.39. The van der Waals surface area contributed by atoms with Gasteiger partial charge in [-0.3, -0.25) is 4.79 Å². The number of hydrogen-bond donors (Lipinski definition) is 0. The molecule has 3 heterocycles. The van der Waals surface area contributed by atoms with E-state index in [-0.39, 0.29) is 5.92 Å². The van der Waals surface area contributed by atoms with Gasteiger partial charge in [-0.15, -0.1) is 0 Å². The first-order valence-corrected chi connectivity index (χ1v) is 6.89. The maximum atomic E-state index is 12.5. The Kier molecular flexibility index (Phi) is 2.98. The molecule has 0 amide bonds. The number of rotatable bonds is 2. The van der Waals surface area contributed by atoms with Crippen LogP contribution in [0.25, 0.3) is 0 Å². The smallest absolute Gasteiger partial charge is 0.184 e. The Morgan fingerprint density at radius 2 is 1.94 bits per heavy atom. The Morgan fingerprint density at radius 1 is 1.28 bits per heavy atom. The zero-order valence-electron chi connectivity index (χ0n) is 11.2. The maximum Gasteiger partial charge on any atom is 0.184 e. The van der Waals surface area contributed by atoms with E-state index >= 15 is 0 Å². The van der Waals surface area contributed by atoms with E-state index in [4.69, 9.17) is 0 Å². The van der Waals surface area contributed by atoms with E-state index in [1.807, 2.05) is 11.6 Å². The fraction of sp³-hybridized carbons (Fsp3) is 0.714. The summed E-state index contributed by atoms with van der Waals surface area (Å²) in [5.41, 5.74) is 0.766. The Labute approximate surface area is 108 Å². The van der Waals surface area contributed by atoms with Gasteiger partial charge in [0, 0.05) is 25.0 Å². The summed E-state index contributed by atoms with van der Waals surface area (Å²) in [6, 6.07) is 1.22. The molecule has 0 spiro atoms. The fourth-order valence-electron chi connectivity index (χ4n) is 3.63. The summed E-state index contributed by atoms with van der Waals surface area (Å²) in [4.78, 5) is 19.1. The largest absolute Gasteiger partial charge is 0.331 e. The van der Waals surface area contributed by atoms with Crippen LogP contribution in [0.15, 0.2) is 12.5 Å². The van der Waals surface area contributed by atoms with Crippen LogP contribution < -0.4 is 0 Å². The molecule has 1 aromatic rings. The Morgan fingerprint density at radius 3 is 2.50 bits per heavy atom. The molecular weight excluding hydrogens is 226 g/mol. The van der Waals surface area contributed by atoms with Crippen molar-refractivity contribution in [1.82, 2.24) is 14.5 Å². The average Bonchev–Trinajstić information content (AvgIpc) is 2.74. The van der Waals surface area contributed by atoms with Crippen molar-refractivity contribution in [3.05, 3.63) is 18.2 Å². The molecule has 0 aromatic carbocycles. The number of hydrogen-bond acceptors (Lipinski definition) is 3. The number of aromatic nitrogens is 2. The second-order valence-corrected chi connectivity index (χ2v) is 5.83. The summed E-state index contributed by atoms with van der Waals surface area (Å²) in [7, 11) is 4.12. The van der Waals surface area contributed by atoms with Gasteiger partial charge < -0.3 is 9.47 Å². The van der Waals surface area contributed by atoms with Crippen LogP contribution in [0.2, 0.25) is 0 Å². The third-order valence-electron chi connectivity index (χ3n) is 4.78. The monoisotopic (exact) mass is 247 g/mol. The molecule has 98 valence electrons. The van der Waals surface area contributed by atoms with Gasteiger partial charge in [0.25, 0.3) is 0 Å². The highest BCUT2D eigenvalue weighted by atomic mass is 16.1. The lowest BCUT2D eigenvalue weighted by Crippen LogP contribution is -2.51. The zero-order chi connectivity index (χ0) is 12.7. The van der Waals surface area contributed by atoms with Crippen molar-refractivity contribution in [3.63, 3.8) is 0 Å². The first kappa shape index (κ1) is 11.9. The summed E-state index contributed by atoms with van der Waals surface area (Å²) >= 11 is 0. The van der Waals surface area contributed by atoms with E-state index in [1.54, 1.807) is 12.5 Å². The van der Waals surface area contributed by atoms with Crippen LogP contribution in [0.4, 0.5) is 0 Å². The van der Waals surface area contributed by atoms with E-state index in [2.05, 4.69) is 16.9 Å². The Hall–Kier alpha value is -1.16. The molecule has 2 aliphatic rings. The van der Waals surface area contributed by atoms with Crippen LogP contribution in [-0.2, 0) is 7.05 Å². The van der Waals surface area contributed by atoms with E-state index in [0.717, 1.165) is 18.5 Å². The Bertz CT molecular complexity index is 440. The first-order chi connectivity index (χ1) is 8.66. The van der Waals surface area contributed by atoms with Gasteiger partial charge in [-0.1, -0.05) is 6.42 Å². The van der Waals surface area contributed by atoms with Crippen molar-refractivity contribution in [2.75, 3.05) is 7.05 Å². The number of carbonyl (C=O) groups is 1. The molecule has 2 aliphatic heterocycles. The van der Waals surface area contributed by atoms with Crippen LogP contribution >= 0.6 is 0 Å². The number of nitrogens with zero attached hydrogens (tertiary/aromatic N) is 3. The normalized spacial score (nSPS) is 32.4. The fourth-order valence-corrected chi connectivity index (χ4v) is 3.63. The number of ketones is 1. The summed E-state index contributed by atoms with van der Waals surface area (Å²) in [5, 5.41) is 0. The predicted octanol–water partition coefficient (Wildman–Crippen LogP) is 1.87. The SMILES string of the molecule is CN1C2CCCC1CC(C(=O)c1cncn1C)C2. The molecule has 0 radical (unpaired) electrons. The second kappa shape index (κ2) is 4.50. The third-order valence-corrected chi connectivity index (χ3v) is 4.78. The van der Waals surface area contributed by atoms with Gasteiger partial charge in [0.1, 0.15) is 5.69 Å². The Balaban J connectivity index is 1.78. The van der Waals surface area contributed by atoms with Crippen LogP contribution in [0.1, 0.15) is 42.6 Å². The van der Waals surface area contributed by atoms with Gasteiger partial charge in [0.2, 0.25) is 0 Å². The summed E-state index contributed by atoms with van der Waals surface area (Å²) in [6.45, 7) is 0. The van der Waals surface area contributed by atoms with Crippen molar-refractivity contribution < 1.29 is 4.79 Å². The van der Waals surface area contributed by atoms with Crippen molar-refractivity contribution in [2.24, 2.45) is 13.0 Å². The minimum Gasteiger partial charge on any atom is -0.331 e. The minimum atomic E-state index is 0.201. The number of carbonyl (C=O) groups excluding carboxylic acids is 1. The minimum absolute atomic E-state index is 0.201. The molecule has 4 heteroatoms. The van der Waals surface area contributed by atoms with Gasteiger partial charge in [0.05, 0.1) is 12.5 Å². The third kappa shape index (κ3) is 1.88. The molecule has 2 saturated heterocycles. The number of piperidine rings is 2. The predicted molar refractivity (Wildman–Crippen MR) is 69.5 cm³/mol. The first-order valence-electron chi connectivity index (χ1n) is 6.89. The van der Waals surface area contributed by atoms with Crippen LogP contribution in [0.3, 0.4) is 0 Å². The lowest BCUT2D eigenvalue weighted by atomic mass is 9.76. The van der Waals surface area contributed by atoms with Crippen molar-refractivity contribution in [2.45, 2.75) is 44.2 Å². The molecule has 0 saturated carbocycles. The number of aryl methyl sites for hydroxylation is 1. The van der Waals surface area contributed by atoms with Crippen molar-refractivity contribution in [1.29, 1.82) is 0 Å². The molecule has 1 aromatic heterocycles. The summed E-state index contributed by atoms with van der Waals surface area (Å²) < 4.78 is 1.84. The van der Waals surface area contributed by atoms with Crippen LogP contribution in [-0.4, -0.2) is 39.4 Å². The van der Waals surface area contributed by atoms with E-state index in [1.165, 1.54) is 19.3 Å². The van der Waals surface area contributed by atoms with E-state index < -0.39 is 0 Å².